The summed E-state index contributed by atoms with van der Waals surface area (Å²) in [4.78, 5) is 33.5. The quantitative estimate of drug-likeness (QED) is 0.636. The molecule has 0 saturated carbocycles. The molecule has 6 rings (SSSR count). The summed E-state index contributed by atoms with van der Waals surface area (Å²) in [7, 11) is 2.07. The van der Waals surface area contributed by atoms with Gasteiger partial charge in [0.15, 0.2) is 5.78 Å². The van der Waals surface area contributed by atoms with E-state index in [-0.39, 0.29) is 11.8 Å². The van der Waals surface area contributed by atoms with Crippen molar-refractivity contribution in [1.29, 1.82) is 0 Å². The molecule has 0 aromatic heterocycles. The molecule has 1 atom stereocenters. The van der Waals surface area contributed by atoms with E-state index in [1.165, 1.54) is 5.69 Å². The number of carbonyl (C=O) groups excluding carboxylic acids is 2. The largest absolute Gasteiger partial charge is 0.369 e. The van der Waals surface area contributed by atoms with Crippen LogP contribution in [0.3, 0.4) is 0 Å². The molecule has 2 aromatic rings. The fourth-order valence-electron chi connectivity index (χ4n) is 5.67. The maximum absolute atomic E-state index is 13.7. The van der Waals surface area contributed by atoms with Crippen molar-refractivity contribution >= 4 is 28.9 Å². The molecular weight excluding hydrogens is 480 g/mol. The molecule has 1 unspecified atom stereocenters. The van der Waals surface area contributed by atoms with E-state index in [2.05, 4.69) is 61.8 Å². The number of nitrogens with one attached hydrogen (secondary N) is 2. The summed E-state index contributed by atoms with van der Waals surface area (Å²) in [5.41, 5.74) is 7.95. The van der Waals surface area contributed by atoms with Gasteiger partial charge in [0, 0.05) is 63.6 Å². The highest BCUT2D eigenvalue weighted by atomic mass is 16.2. The van der Waals surface area contributed by atoms with Crippen LogP contribution in [0.15, 0.2) is 58.3 Å². The molecule has 10 heteroatoms. The average molecular weight is 515 g/mol. The number of amides is 2. The van der Waals surface area contributed by atoms with Gasteiger partial charge in [-0.15, -0.1) is 0 Å². The van der Waals surface area contributed by atoms with Crippen molar-refractivity contribution in [3.05, 3.63) is 64.7 Å². The summed E-state index contributed by atoms with van der Waals surface area (Å²) in [6, 6.07) is 13.0. The van der Waals surface area contributed by atoms with Gasteiger partial charge in [-0.3, -0.25) is 10.2 Å². The zero-order valence-corrected chi connectivity index (χ0v) is 22.0. The fourth-order valence-corrected chi connectivity index (χ4v) is 5.67. The standard InChI is InChI=1S/C28H34N8O2/c1-3-34-13-15-35(16-14-34)20-9-7-19(8-10-20)25-24-26(31-30-25)21-5-4-6-22(23(21)27(24)37)29-28(38)32-36-17-11-33(2)12-18-36/h4-10,26H,3,11-18H2,1-2H3,(H2,29,32,38). The number of anilines is 2. The van der Waals surface area contributed by atoms with Gasteiger partial charge >= 0.3 is 6.03 Å². The second kappa shape index (κ2) is 10.3. The van der Waals surface area contributed by atoms with Crippen LogP contribution < -0.4 is 15.6 Å². The Bertz CT molecular complexity index is 1290. The zero-order valence-electron chi connectivity index (χ0n) is 22.0. The molecule has 198 valence electrons. The van der Waals surface area contributed by atoms with E-state index >= 15 is 0 Å². The Balaban J connectivity index is 1.19. The number of ketones is 1. The number of likely N-dealkylation sites (N-methyl/N-ethyl adjacent to an activating group) is 2. The number of urea groups is 1. The normalized spacial score (nSPS) is 22.1. The van der Waals surface area contributed by atoms with Gasteiger partial charge in [0.2, 0.25) is 0 Å². The Morgan fingerprint density at radius 2 is 1.71 bits per heavy atom. The van der Waals surface area contributed by atoms with E-state index in [1.807, 2.05) is 29.3 Å². The zero-order chi connectivity index (χ0) is 26.2. The van der Waals surface area contributed by atoms with Gasteiger partial charge in [-0.2, -0.15) is 10.2 Å². The molecule has 1 aliphatic carbocycles. The Morgan fingerprint density at radius 1 is 0.974 bits per heavy atom. The van der Waals surface area contributed by atoms with E-state index in [0.717, 1.165) is 70.0 Å². The molecule has 2 saturated heterocycles. The van der Waals surface area contributed by atoms with E-state index in [0.29, 0.717) is 22.5 Å². The number of nitrogens with zero attached hydrogens (tertiary/aromatic N) is 6. The van der Waals surface area contributed by atoms with E-state index in [1.54, 1.807) is 6.07 Å². The van der Waals surface area contributed by atoms with E-state index in [9.17, 15) is 9.59 Å². The van der Waals surface area contributed by atoms with Crippen LogP contribution in [-0.4, -0.2) is 92.6 Å². The van der Waals surface area contributed by atoms with Crippen LogP contribution in [0.4, 0.5) is 16.2 Å². The summed E-state index contributed by atoms with van der Waals surface area (Å²) >= 11 is 0. The van der Waals surface area contributed by atoms with Crippen molar-refractivity contribution in [2.24, 2.45) is 10.2 Å². The van der Waals surface area contributed by atoms with Gasteiger partial charge in [-0.05, 0) is 37.4 Å². The monoisotopic (exact) mass is 514 g/mol. The number of rotatable bonds is 5. The average Bonchev–Trinajstić information content (AvgIpc) is 3.50. The number of fused-ring (bicyclic) bond motifs is 3. The lowest BCUT2D eigenvalue weighted by molar-refractivity contribution is 0.103. The van der Waals surface area contributed by atoms with Gasteiger partial charge < -0.3 is 20.0 Å². The topological polar surface area (TPSA) is 95.9 Å². The summed E-state index contributed by atoms with van der Waals surface area (Å²) in [6.45, 7) is 10.7. The van der Waals surface area contributed by atoms with Crippen LogP contribution in [0.1, 0.15) is 34.5 Å². The van der Waals surface area contributed by atoms with Crippen molar-refractivity contribution in [3.8, 4) is 0 Å². The molecule has 10 nitrogen and oxygen atoms in total. The third-order valence-corrected chi connectivity index (χ3v) is 8.00. The van der Waals surface area contributed by atoms with Gasteiger partial charge in [-0.25, -0.2) is 9.80 Å². The predicted molar refractivity (Wildman–Crippen MR) is 147 cm³/mol. The summed E-state index contributed by atoms with van der Waals surface area (Å²) in [6.07, 6.45) is 0. The molecule has 0 bridgehead atoms. The fraction of sp³-hybridized carbons (Fsp3) is 0.429. The summed E-state index contributed by atoms with van der Waals surface area (Å²) in [5, 5.41) is 13.7. The molecule has 3 heterocycles. The van der Waals surface area contributed by atoms with Gasteiger partial charge in [0.05, 0.1) is 16.8 Å². The number of hydrogen-bond donors (Lipinski definition) is 2. The maximum atomic E-state index is 13.7. The highest BCUT2D eigenvalue weighted by molar-refractivity contribution is 6.22. The molecular formula is C28H34N8O2. The third-order valence-electron chi connectivity index (χ3n) is 8.00. The second-order valence-electron chi connectivity index (χ2n) is 10.3. The number of piperazine rings is 2. The Hall–Kier alpha value is -3.60. The lowest BCUT2D eigenvalue weighted by atomic mass is 10.0. The van der Waals surface area contributed by atoms with Gasteiger partial charge in [0.1, 0.15) is 11.7 Å². The number of Topliss-reactive ketones (excluding diaryl/α,β-unsaturated/α-hetero) is 1. The minimum atomic E-state index is -0.434. The highest BCUT2D eigenvalue weighted by Gasteiger charge is 2.42. The van der Waals surface area contributed by atoms with Crippen LogP contribution in [0.5, 0.6) is 0 Å². The third kappa shape index (κ3) is 4.59. The van der Waals surface area contributed by atoms with Crippen molar-refractivity contribution in [1.82, 2.24) is 20.2 Å². The van der Waals surface area contributed by atoms with Crippen LogP contribution >= 0.6 is 0 Å². The molecule has 2 N–H and O–H groups in total. The number of benzene rings is 2. The first-order valence-corrected chi connectivity index (χ1v) is 13.4. The number of hydrogen-bond acceptors (Lipinski definition) is 8. The lowest BCUT2D eigenvalue weighted by Gasteiger charge is -2.35. The van der Waals surface area contributed by atoms with Crippen molar-refractivity contribution in [2.45, 2.75) is 13.0 Å². The molecule has 3 aliphatic heterocycles. The van der Waals surface area contributed by atoms with Crippen LogP contribution in [-0.2, 0) is 0 Å². The Kier molecular flexibility index (Phi) is 6.69. The summed E-state index contributed by atoms with van der Waals surface area (Å²) < 4.78 is 0. The molecule has 38 heavy (non-hydrogen) atoms. The first-order valence-electron chi connectivity index (χ1n) is 13.4. The molecule has 4 aliphatic rings. The second-order valence-corrected chi connectivity index (χ2v) is 10.3. The molecule has 0 spiro atoms. The Labute approximate surface area is 222 Å². The van der Waals surface area contributed by atoms with Crippen molar-refractivity contribution < 1.29 is 9.59 Å². The molecule has 2 amide bonds. The van der Waals surface area contributed by atoms with E-state index in [4.69, 9.17) is 0 Å². The van der Waals surface area contributed by atoms with Crippen LogP contribution in [0, 0.1) is 0 Å². The molecule has 2 fully saturated rings. The maximum Gasteiger partial charge on any atom is 0.333 e. The minimum absolute atomic E-state index is 0.125. The van der Waals surface area contributed by atoms with Crippen molar-refractivity contribution in [3.63, 3.8) is 0 Å². The minimum Gasteiger partial charge on any atom is -0.369 e. The van der Waals surface area contributed by atoms with E-state index < -0.39 is 6.04 Å². The molecule has 0 radical (unpaired) electrons. The smallest absolute Gasteiger partial charge is 0.333 e. The van der Waals surface area contributed by atoms with Gasteiger partial charge in [-0.1, -0.05) is 31.2 Å². The number of azo groups is 1. The first-order chi connectivity index (χ1) is 18.5. The Morgan fingerprint density at radius 3 is 2.42 bits per heavy atom. The van der Waals surface area contributed by atoms with Crippen LogP contribution in [0.25, 0.3) is 5.70 Å². The first kappa shape index (κ1) is 24.7. The number of hydrazine groups is 1. The summed E-state index contributed by atoms with van der Waals surface area (Å²) in [5.74, 6) is -0.125. The number of carbonyl (C=O) groups is 2. The van der Waals surface area contributed by atoms with Gasteiger partial charge in [0.25, 0.3) is 0 Å². The highest BCUT2D eigenvalue weighted by Crippen LogP contribution is 2.49. The molecule has 2 aromatic carbocycles. The SMILES string of the molecule is CCN1CCN(c2ccc(C3=C4C(=O)c5c(NC(=O)NN6CCN(C)CC6)cccc5C4N=N3)cc2)CC1. The van der Waals surface area contributed by atoms with Crippen LogP contribution in [0.2, 0.25) is 0 Å². The lowest BCUT2D eigenvalue weighted by Crippen LogP contribution is -2.53. The van der Waals surface area contributed by atoms with Crippen molar-refractivity contribution in [2.75, 3.05) is 76.2 Å². The predicted octanol–water partition coefficient (Wildman–Crippen LogP) is 3.23.